The van der Waals surface area contributed by atoms with Gasteiger partial charge in [0, 0.05) is 25.3 Å². The van der Waals surface area contributed by atoms with E-state index in [0.29, 0.717) is 12.8 Å². The van der Waals surface area contributed by atoms with Gasteiger partial charge in [-0.05, 0) is 30.0 Å². The largest absolute Gasteiger partial charge is 0.480 e. The van der Waals surface area contributed by atoms with Crippen LogP contribution in [-0.4, -0.2) is 30.5 Å². The highest BCUT2D eigenvalue weighted by atomic mass is 35.5. The molecule has 0 bridgehead atoms. The number of alkyl halides is 1. The molecule has 1 atom stereocenters. The zero-order valence-electron chi connectivity index (χ0n) is 12.8. The second kappa shape index (κ2) is 7.32. The number of aryl methyl sites for hydroxylation is 1. The van der Waals surface area contributed by atoms with Crippen LogP contribution in [0, 0.1) is 0 Å². The van der Waals surface area contributed by atoms with E-state index >= 15 is 0 Å². The molecule has 116 valence electrons. The molecule has 0 saturated heterocycles. The van der Waals surface area contributed by atoms with Crippen LogP contribution in [0.3, 0.4) is 0 Å². The Kier molecular flexibility index (Phi) is 5.45. The number of halogens is 1. The lowest BCUT2D eigenvalue weighted by atomic mass is 9.99. The lowest BCUT2D eigenvalue weighted by Crippen LogP contribution is -2.14. The highest BCUT2D eigenvalue weighted by molar-refractivity contribution is 6.29. The molecule has 0 fully saturated rings. The van der Waals surface area contributed by atoms with E-state index in [1.165, 1.54) is 5.56 Å². The lowest BCUT2D eigenvalue weighted by Gasteiger charge is -2.19. The summed E-state index contributed by atoms with van der Waals surface area (Å²) in [6, 6.07) is 16.4. The van der Waals surface area contributed by atoms with Crippen molar-refractivity contribution in [1.82, 2.24) is 0 Å². The van der Waals surface area contributed by atoms with E-state index in [1.54, 1.807) is 0 Å². The summed E-state index contributed by atoms with van der Waals surface area (Å²) in [6.45, 7) is 0. The van der Waals surface area contributed by atoms with Gasteiger partial charge in [0.05, 0.1) is 0 Å². The molecule has 0 radical (unpaired) electrons. The van der Waals surface area contributed by atoms with E-state index in [1.807, 2.05) is 38.4 Å². The van der Waals surface area contributed by atoms with Gasteiger partial charge in [-0.15, -0.1) is 11.6 Å². The number of carboxylic acid groups (broad SMARTS) is 1. The van der Waals surface area contributed by atoms with Gasteiger partial charge in [0.2, 0.25) is 0 Å². The molecule has 0 aliphatic heterocycles. The minimum absolute atomic E-state index is 0.425. The Labute approximate surface area is 136 Å². The maximum absolute atomic E-state index is 10.8. The van der Waals surface area contributed by atoms with E-state index in [-0.39, 0.29) is 0 Å². The molecule has 4 heteroatoms. The van der Waals surface area contributed by atoms with Crippen molar-refractivity contribution in [3.05, 3.63) is 54.1 Å². The van der Waals surface area contributed by atoms with Gasteiger partial charge in [-0.2, -0.15) is 0 Å². The number of benzene rings is 2. The van der Waals surface area contributed by atoms with E-state index in [2.05, 4.69) is 29.2 Å². The second-order valence-corrected chi connectivity index (χ2v) is 5.98. The molecule has 0 aliphatic carbocycles. The molecule has 22 heavy (non-hydrogen) atoms. The molecule has 0 spiro atoms. The summed E-state index contributed by atoms with van der Waals surface area (Å²) in [5, 5.41) is 8.02. The standard InChI is InChI=1S/C18H20ClNO2/c1-20(2)17-12-13(9-11-16(19)18(21)22)8-10-15(17)14-6-4-3-5-7-14/h3-8,10,12,16H,9,11H2,1-2H3,(H,21,22). The molecule has 2 rings (SSSR count). The van der Waals surface area contributed by atoms with Crippen molar-refractivity contribution in [1.29, 1.82) is 0 Å². The molecule has 0 aromatic heterocycles. The summed E-state index contributed by atoms with van der Waals surface area (Å²) in [4.78, 5) is 12.9. The van der Waals surface area contributed by atoms with Crippen LogP contribution in [0.15, 0.2) is 48.5 Å². The smallest absolute Gasteiger partial charge is 0.321 e. The number of anilines is 1. The van der Waals surface area contributed by atoms with Gasteiger partial charge in [0.1, 0.15) is 5.38 Å². The SMILES string of the molecule is CN(C)c1cc(CCC(Cl)C(=O)O)ccc1-c1ccccc1. The van der Waals surface area contributed by atoms with Gasteiger partial charge >= 0.3 is 5.97 Å². The molecule has 1 N–H and O–H groups in total. The van der Waals surface area contributed by atoms with Gasteiger partial charge in [0.25, 0.3) is 0 Å². The van der Waals surface area contributed by atoms with Crippen LogP contribution in [0.1, 0.15) is 12.0 Å². The number of carbonyl (C=O) groups is 1. The normalized spacial score (nSPS) is 12.0. The van der Waals surface area contributed by atoms with Crippen LogP contribution in [0.4, 0.5) is 5.69 Å². The molecule has 2 aromatic rings. The maximum Gasteiger partial charge on any atom is 0.321 e. The average Bonchev–Trinajstić information content (AvgIpc) is 2.53. The van der Waals surface area contributed by atoms with Crippen molar-refractivity contribution in [2.45, 2.75) is 18.2 Å². The maximum atomic E-state index is 10.8. The summed E-state index contributed by atoms with van der Waals surface area (Å²) < 4.78 is 0. The minimum Gasteiger partial charge on any atom is -0.480 e. The molecular formula is C18H20ClNO2. The number of hydrogen-bond donors (Lipinski definition) is 1. The van der Waals surface area contributed by atoms with Crippen molar-refractivity contribution in [2.24, 2.45) is 0 Å². The van der Waals surface area contributed by atoms with Crippen LogP contribution >= 0.6 is 11.6 Å². The number of carboxylic acids is 1. The molecule has 3 nitrogen and oxygen atoms in total. The van der Waals surface area contributed by atoms with Crippen LogP contribution < -0.4 is 4.90 Å². The zero-order valence-corrected chi connectivity index (χ0v) is 13.5. The summed E-state index contributed by atoms with van der Waals surface area (Å²) in [6.07, 6.45) is 1.07. The first-order chi connectivity index (χ1) is 10.5. The fourth-order valence-corrected chi connectivity index (χ4v) is 2.49. The first-order valence-electron chi connectivity index (χ1n) is 7.21. The predicted octanol–water partition coefficient (Wildman–Crippen LogP) is 4.04. The Morgan fingerprint density at radius 3 is 2.45 bits per heavy atom. The number of hydrogen-bond acceptors (Lipinski definition) is 2. The van der Waals surface area contributed by atoms with E-state index in [0.717, 1.165) is 16.8 Å². The highest BCUT2D eigenvalue weighted by Gasteiger charge is 2.14. The Morgan fingerprint density at radius 2 is 1.86 bits per heavy atom. The van der Waals surface area contributed by atoms with Crippen molar-refractivity contribution in [2.75, 3.05) is 19.0 Å². The van der Waals surface area contributed by atoms with Crippen LogP contribution in [0.2, 0.25) is 0 Å². The Balaban J connectivity index is 2.26. The molecule has 2 aromatic carbocycles. The number of rotatable bonds is 6. The van der Waals surface area contributed by atoms with Crippen molar-refractivity contribution >= 4 is 23.3 Å². The summed E-state index contributed by atoms with van der Waals surface area (Å²) >= 11 is 5.79. The van der Waals surface area contributed by atoms with Crippen molar-refractivity contribution in [3.63, 3.8) is 0 Å². The first-order valence-corrected chi connectivity index (χ1v) is 7.65. The van der Waals surface area contributed by atoms with Gasteiger partial charge in [-0.3, -0.25) is 4.79 Å². The van der Waals surface area contributed by atoms with Crippen molar-refractivity contribution in [3.8, 4) is 11.1 Å². The highest BCUT2D eigenvalue weighted by Crippen LogP contribution is 2.31. The molecular weight excluding hydrogens is 298 g/mol. The monoisotopic (exact) mass is 317 g/mol. The Hall–Kier alpha value is -2.00. The number of aliphatic carboxylic acids is 1. The first kappa shape index (κ1) is 16.4. The van der Waals surface area contributed by atoms with Crippen LogP contribution in [0.25, 0.3) is 11.1 Å². The fraction of sp³-hybridized carbons (Fsp3) is 0.278. The van der Waals surface area contributed by atoms with Gasteiger partial charge in [0.15, 0.2) is 0 Å². The van der Waals surface area contributed by atoms with Crippen LogP contribution in [-0.2, 0) is 11.2 Å². The quantitative estimate of drug-likeness (QED) is 0.817. The minimum atomic E-state index is -0.963. The van der Waals surface area contributed by atoms with E-state index in [4.69, 9.17) is 16.7 Å². The summed E-state index contributed by atoms with van der Waals surface area (Å²) in [5.74, 6) is -0.963. The zero-order chi connectivity index (χ0) is 16.1. The Bertz CT molecular complexity index is 641. The van der Waals surface area contributed by atoms with Crippen LogP contribution in [0.5, 0.6) is 0 Å². The molecule has 0 saturated carbocycles. The third-order valence-corrected chi connectivity index (χ3v) is 3.99. The van der Waals surface area contributed by atoms with Crippen molar-refractivity contribution < 1.29 is 9.90 Å². The van der Waals surface area contributed by atoms with E-state index in [9.17, 15) is 4.79 Å². The Morgan fingerprint density at radius 1 is 1.18 bits per heavy atom. The summed E-state index contributed by atoms with van der Waals surface area (Å²) in [5.41, 5.74) is 4.54. The third kappa shape index (κ3) is 4.01. The number of nitrogens with zero attached hydrogens (tertiary/aromatic N) is 1. The fourth-order valence-electron chi connectivity index (χ4n) is 2.38. The average molecular weight is 318 g/mol. The topological polar surface area (TPSA) is 40.5 Å². The van der Waals surface area contributed by atoms with E-state index < -0.39 is 11.3 Å². The summed E-state index contributed by atoms with van der Waals surface area (Å²) in [7, 11) is 4.01. The predicted molar refractivity (Wildman–Crippen MR) is 91.8 cm³/mol. The lowest BCUT2D eigenvalue weighted by molar-refractivity contribution is -0.136. The van der Waals surface area contributed by atoms with Gasteiger partial charge in [-0.25, -0.2) is 0 Å². The molecule has 0 aliphatic rings. The third-order valence-electron chi connectivity index (χ3n) is 3.58. The molecule has 0 heterocycles. The second-order valence-electron chi connectivity index (χ2n) is 5.46. The molecule has 1 unspecified atom stereocenters. The molecule has 0 amide bonds. The van der Waals surface area contributed by atoms with Gasteiger partial charge in [-0.1, -0.05) is 42.5 Å². The van der Waals surface area contributed by atoms with Gasteiger partial charge < -0.3 is 10.0 Å².